The number of ether oxygens (including phenoxy) is 1. The highest BCUT2D eigenvalue weighted by atomic mass is 32.1. The summed E-state index contributed by atoms with van der Waals surface area (Å²) in [5.74, 6) is -0.127. The van der Waals surface area contributed by atoms with Crippen molar-refractivity contribution in [2.45, 2.75) is 59.2 Å². The number of methoxy groups -OCH3 is 1. The number of benzene rings is 1. The molecule has 0 aliphatic carbocycles. The highest BCUT2D eigenvalue weighted by Crippen LogP contribution is 2.24. The lowest BCUT2D eigenvalue weighted by atomic mass is 9.95. The number of nitrogens with zero attached hydrogens (tertiary/aromatic N) is 2. The number of carbonyl (C=O) groups excluding carboxylic acids is 1. The van der Waals surface area contributed by atoms with Crippen LogP contribution in [0, 0.1) is 12.8 Å². The van der Waals surface area contributed by atoms with Crippen molar-refractivity contribution in [3.05, 3.63) is 52.5 Å². The molecule has 3 atom stereocenters. The average Bonchev–Trinajstić information content (AvgIpc) is 3.41. The third kappa shape index (κ3) is 8.64. The lowest BCUT2D eigenvalue weighted by molar-refractivity contribution is -0.130. The first-order valence-corrected chi connectivity index (χ1v) is 11.3. The molecule has 3 rings (SSSR count). The topological polar surface area (TPSA) is 54.5 Å². The van der Waals surface area contributed by atoms with Crippen molar-refractivity contribution in [3.63, 3.8) is 0 Å². The van der Waals surface area contributed by atoms with Gasteiger partial charge in [0.2, 0.25) is 5.91 Å². The summed E-state index contributed by atoms with van der Waals surface area (Å²) in [6.45, 7) is 9.60. The van der Waals surface area contributed by atoms with Crippen LogP contribution in [-0.2, 0) is 16.1 Å². The van der Waals surface area contributed by atoms with Crippen LogP contribution in [0.25, 0.3) is 0 Å². The Morgan fingerprint density at radius 1 is 1.34 bits per heavy atom. The smallest absolute Gasteiger partial charge is 0.225 e. The third-order valence-corrected chi connectivity index (χ3v) is 5.75. The molecule has 1 aromatic heterocycles. The Kier molecular flexibility index (Phi) is 12.4. The first-order valence-electron chi connectivity index (χ1n) is 10.4. The number of thiazole rings is 1. The fourth-order valence-corrected chi connectivity index (χ4v) is 3.95. The molecule has 5 nitrogen and oxygen atoms in total. The molecule has 29 heavy (non-hydrogen) atoms. The first kappa shape index (κ1) is 25.3. The summed E-state index contributed by atoms with van der Waals surface area (Å²) in [6, 6.07) is 10.6. The zero-order chi connectivity index (χ0) is 21.6. The normalized spacial score (nSPS) is 17.9. The Labute approximate surface area is 180 Å². The van der Waals surface area contributed by atoms with E-state index in [4.69, 9.17) is 4.74 Å². The van der Waals surface area contributed by atoms with Crippen LogP contribution in [-0.4, -0.2) is 48.6 Å². The molecular weight excluding hydrogens is 382 g/mol. The van der Waals surface area contributed by atoms with Crippen LogP contribution in [0.5, 0.6) is 0 Å². The van der Waals surface area contributed by atoms with E-state index in [9.17, 15) is 4.79 Å². The zero-order valence-electron chi connectivity index (χ0n) is 18.7. The van der Waals surface area contributed by atoms with Crippen LogP contribution in [0.1, 0.15) is 44.2 Å². The molecule has 1 fully saturated rings. The van der Waals surface area contributed by atoms with Crippen LogP contribution in [0.3, 0.4) is 0 Å². The number of hydrogen-bond donors (Lipinski definition) is 1. The zero-order valence-corrected chi connectivity index (χ0v) is 19.5. The fourth-order valence-electron chi connectivity index (χ4n) is 3.39. The van der Waals surface area contributed by atoms with E-state index < -0.39 is 0 Å². The van der Waals surface area contributed by atoms with Gasteiger partial charge in [0.1, 0.15) is 5.01 Å². The molecule has 1 aromatic carbocycles. The lowest BCUT2D eigenvalue weighted by Crippen LogP contribution is -2.46. The van der Waals surface area contributed by atoms with E-state index in [2.05, 4.69) is 41.3 Å². The quantitative estimate of drug-likeness (QED) is 0.748. The van der Waals surface area contributed by atoms with E-state index in [-0.39, 0.29) is 17.9 Å². The van der Waals surface area contributed by atoms with Gasteiger partial charge in [-0.25, -0.2) is 4.98 Å². The maximum absolute atomic E-state index is 12.3. The van der Waals surface area contributed by atoms with Crippen LogP contribution in [0.15, 0.2) is 41.9 Å². The van der Waals surface area contributed by atoms with Gasteiger partial charge in [-0.05, 0) is 33.4 Å². The second kappa shape index (κ2) is 14.3. The second-order valence-corrected chi connectivity index (χ2v) is 7.96. The minimum Gasteiger partial charge on any atom is -0.379 e. The molecule has 1 aliphatic heterocycles. The summed E-state index contributed by atoms with van der Waals surface area (Å²) in [5.41, 5.74) is 1.32. The Morgan fingerprint density at radius 3 is 2.48 bits per heavy atom. The maximum atomic E-state index is 12.3. The van der Waals surface area contributed by atoms with Gasteiger partial charge in [0, 0.05) is 24.7 Å². The van der Waals surface area contributed by atoms with Crippen molar-refractivity contribution in [2.75, 3.05) is 20.7 Å². The molecule has 0 saturated carbocycles. The van der Waals surface area contributed by atoms with Crippen molar-refractivity contribution in [2.24, 2.45) is 5.92 Å². The second-order valence-electron chi connectivity index (χ2n) is 6.98. The number of amides is 1. The van der Waals surface area contributed by atoms with Gasteiger partial charge in [-0.1, -0.05) is 56.7 Å². The van der Waals surface area contributed by atoms with Crippen molar-refractivity contribution in [3.8, 4) is 0 Å². The van der Waals surface area contributed by atoms with Gasteiger partial charge in [-0.2, -0.15) is 0 Å². The first-order chi connectivity index (χ1) is 14.0. The van der Waals surface area contributed by atoms with Crippen LogP contribution < -0.4 is 5.32 Å². The average molecular weight is 420 g/mol. The Morgan fingerprint density at radius 2 is 2.03 bits per heavy atom. The minimum atomic E-state index is -0.162. The van der Waals surface area contributed by atoms with Crippen molar-refractivity contribution in [1.82, 2.24) is 15.2 Å². The number of likely N-dealkylation sites (N-methyl/N-ethyl adjacent to an activating group) is 1. The van der Waals surface area contributed by atoms with Crippen molar-refractivity contribution in [1.29, 1.82) is 0 Å². The maximum Gasteiger partial charge on any atom is 0.225 e. The third-order valence-electron chi connectivity index (χ3n) is 4.97. The molecule has 3 unspecified atom stereocenters. The van der Waals surface area contributed by atoms with Crippen LogP contribution >= 0.6 is 11.3 Å². The van der Waals surface area contributed by atoms with Gasteiger partial charge >= 0.3 is 0 Å². The van der Waals surface area contributed by atoms with Gasteiger partial charge in [-0.15, -0.1) is 11.3 Å². The van der Waals surface area contributed by atoms with E-state index in [0.717, 1.165) is 18.0 Å². The standard InChI is InChI=1S/C14H23N3O2S.C7H8.C2H6/c1-10(13(19-3)11-5-4-7-17(11)2)14(18)16-9-12-15-6-8-20-12;1-7-5-3-2-4-6-7;1-2/h6,8,10-11,13H,4-5,7,9H2,1-3H3,(H,16,18);2-6H,1H3;1-2H3. The molecule has 2 aromatic rings. The van der Waals surface area contributed by atoms with Crippen molar-refractivity contribution < 1.29 is 9.53 Å². The highest BCUT2D eigenvalue weighted by molar-refractivity contribution is 7.09. The monoisotopic (exact) mass is 419 g/mol. The Hall–Kier alpha value is -1.76. The van der Waals surface area contributed by atoms with Gasteiger partial charge in [0.05, 0.1) is 18.6 Å². The Balaban J connectivity index is 0.000000390. The number of nitrogens with one attached hydrogen (secondary N) is 1. The Bertz CT molecular complexity index is 664. The lowest BCUT2D eigenvalue weighted by Gasteiger charge is -2.31. The number of carbonyl (C=O) groups is 1. The predicted octanol–water partition coefficient (Wildman–Crippen LogP) is 4.53. The molecule has 162 valence electrons. The van der Waals surface area contributed by atoms with Gasteiger partial charge in [0.25, 0.3) is 0 Å². The summed E-state index contributed by atoms with van der Waals surface area (Å²) >= 11 is 1.55. The molecule has 0 bridgehead atoms. The molecule has 0 spiro atoms. The number of hydrogen-bond acceptors (Lipinski definition) is 5. The number of likely N-dealkylation sites (tertiary alicyclic amines) is 1. The molecule has 1 amide bonds. The molecule has 1 saturated heterocycles. The molecule has 1 N–H and O–H groups in total. The molecule has 0 radical (unpaired) electrons. The highest BCUT2D eigenvalue weighted by Gasteiger charge is 2.35. The summed E-state index contributed by atoms with van der Waals surface area (Å²) < 4.78 is 5.61. The van der Waals surface area contributed by atoms with Gasteiger partial charge in [-0.3, -0.25) is 4.79 Å². The van der Waals surface area contributed by atoms with E-state index in [1.165, 1.54) is 12.0 Å². The summed E-state index contributed by atoms with van der Waals surface area (Å²) in [7, 11) is 3.80. The van der Waals surface area contributed by atoms with Crippen LogP contribution in [0.2, 0.25) is 0 Å². The van der Waals surface area contributed by atoms with Crippen molar-refractivity contribution >= 4 is 17.2 Å². The summed E-state index contributed by atoms with van der Waals surface area (Å²) in [6.07, 6.45) is 3.97. The van der Waals surface area contributed by atoms with Gasteiger partial charge in [0.15, 0.2) is 0 Å². The van der Waals surface area contributed by atoms with Gasteiger partial charge < -0.3 is 15.0 Å². The number of rotatable bonds is 6. The largest absolute Gasteiger partial charge is 0.379 e. The molecule has 6 heteroatoms. The summed E-state index contributed by atoms with van der Waals surface area (Å²) in [5, 5.41) is 5.79. The molecule has 2 heterocycles. The van der Waals surface area contributed by atoms with E-state index in [1.54, 1.807) is 24.6 Å². The minimum absolute atomic E-state index is 0.0346. The molecular formula is C23H37N3O2S. The number of aromatic nitrogens is 1. The van der Waals surface area contributed by atoms with E-state index in [1.807, 2.05) is 44.4 Å². The van der Waals surface area contributed by atoms with E-state index in [0.29, 0.717) is 12.6 Å². The fraction of sp³-hybridized carbons (Fsp3) is 0.565. The molecule has 1 aliphatic rings. The SMILES string of the molecule is CC.COC(C(C)C(=O)NCc1nccs1)C1CCCN1C.Cc1ccccc1. The number of aryl methyl sites for hydroxylation is 1. The summed E-state index contributed by atoms with van der Waals surface area (Å²) in [4.78, 5) is 18.7. The van der Waals surface area contributed by atoms with E-state index >= 15 is 0 Å². The predicted molar refractivity (Wildman–Crippen MR) is 122 cm³/mol. The van der Waals surface area contributed by atoms with Crippen LogP contribution in [0.4, 0.5) is 0 Å².